The summed E-state index contributed by atoms with van der Waals surface area (Å²) in [5.74, 6) is 0. The average molecular weight is 351 g/mol. The Morgan fingerprint density at radius 3 is 2.08 bits per heavy atom. The fourth-order valence-electron chi connectivity index (χ4n) is 3.44. The lowest BCUT2D eigenvalue weighted by molar-refractivity contribution is 0.0254. The van der Waals surface area contributed by atoms with Gasteiger partial charge in [0.15, 0.2) is 0 Å². The first-order valence-corrected chi connectivity index (χ1v) is 10.8. The lowest BCUT2D eigenvalue weighted by Gasteiger charge is -2.28. The van der Waals surface area contributed by atoms with Crippen molar-refractivity contribution in [2.75, 3.05) is 0 Å². The SMILES string of the molecule is CCCC/C=C/CCCCCCCCCCCC1NC=CN1C(C)O. The Morgan fingerprint density at radius 1 is 0.920 bits per heavy atom. The lowest BCUT2D eigenvalue weighted by atomic mass is 10.0. The first kappa shape index (κ1) is 22.1. The smallest absolute Gasteiger partial charge is 0.125 e. The molecule has 1 rings (SSSR count). The van der Waals surface area contributed by atoms with Gasteiger partial charge in [-0.3, -0.25) is 0 Å². The quantitative estimate of drug-likeness (QED) is 0.262. The molecule has 0 aromatic carbocycles. The number of rotatable bonds is 16. The van der Waals surface area contributed by atoms with Crippen LogP contribution in [0.15, 0.2) is 24.6 Å². The Labute approximate surface area is 156 Å². The molecule has 2 atom stereocenters. The zero-order valence-electron chi connectivity index (χ0n) is 16.8. The van der Waals surface area contributed by atoms with Crippen molar-refractivity contribution in [3.63, 3.8) is 0 Å². The van der Waals surface area contributed by atoms with E-state index in [0.717, 1.165) is 6.42 Å². The maximum absolute atomic E-state index is 9.68. The van der Waals surface area contributed by atoms with Gasteiger partial charge in [0, 0.05) is 12.4 Å². The molecule has 0 fully saturated rings. The molecule has 0 amide bonds. The van der Waals surface area contributed by atoms with Crippen LogP contribution in [0.4, 0.5) is 0 Å². The fourth-order valence-corrected chi connectivity index (χ4v) is 3.44. The molecule has 0 radical (unpaired) electrons. The molecule has 0 aromatic rings. The van der Waals surface area contributed by atoms with E-state index in [-0.39, 0.29) is 6.17 Å². The van der Waals surface area contributed by atoms with Crippen molar-refractivity contribution in [3.8, 4) is 0 Å². The molecule has 0 saturated carbocycles. The van der Waals surface area contributed by atoms with E-state index in [4.69, 9.17) is 0 Å². The van der Waals surface area contributed by atoms with Crippen molar-refractivity contribution in [2.45, 2.75) is 116 Å². The molecule has 25 heavy (non-hydrogen) atoms. The van der Waals surface area contributed by atoms with Crippen molar-refractivity contribution >= 4 is 0 Å². The topological polar surface area (TPSA) is 35.5 Å². The minimum atomic E-state index is -0.400. The maximum Gasteiger partial charge on any atom is 0.125 e. The minimum absolute atomic E-state index is 0.288. The van der Waals surface area contributed by atoms with Gasteiger partial charge in [0.2, 0.25) is 0 Å². The molecule has 0 spiro atoms. The predicted molar refractivity (Wildman–Crippen MR) is 109 cm³/mol. The van der Waals surface area contributed by atoms with Crippen LogP contribution < -0.4 is 5.32 Å². The fraction of sp³-hybridized carbons (Fsp3) is 0.818. The van der Waals surface area contributed by atoms with Gasteiger partial charge in [-0.25, -0.2) is 0 Å². The lowest BCUT2D eigenvalue weighted by Crippen LogP contribution is -2.40. The van der Waals surface area contributed by atoms with Gasteiger partial charge in [-0.15, -0.1) is 0 Å². The Morgan fingerprint density at radius 2 is 1.48 bits per heavy atom. The first-order chi connectivity index (χ1) is 12.3. The summed E-state index contributed by atoms with van der Waals surface area (Å²) in [6, 6.07) is 0. The molecule has 1 aliphatic heterocycles. The largest absolute Gasteiger partial charge is 0.374 e. The molecule has 0 saturated heterocycles. The highest BCUT2D eigenvalue weighted by atomic mass is 16.3. The highest BCUT2D eigenvalue weighted by molar-refractivity contribution is 4.94. The normalized spacial score (nSPS) is 18.2. The number of hydrogen-bond donors (Lipinski definition) is 2. The van der Waals surface area contributed by atoms with Crippen LogP contribution in [0.3, 0.4) is 0 Å². The Balaban J connectivity index is 1.80. The molecule has 3 nitrogen and oxygen atoms in total. The molecular weight excluding hydrogens is 308 g/mol. The molecular formula is C22H42N2O. The summed E-state index contributed by atoms with van der Waals surface area (Å²) in [6.07, 6.45) is 27.1. The van der Waals surface area contributed by atoms with E-state index in [1.165, 1.54) is 83.5 Å². The molecule has 1 aliphatic rings. The van der Waals surface area contributed by atoms with Crippen LogP contribution in [0.25, 0.3) is 0 Å². The van der Waals surface area contributed by atoms with E-state index in [1.54, 1.807) is 0 Å². The number of nitrogens with zero attached hydrogens (tertiary/aromatic N) is 1. The van der Waals surface area contributed by atoms with Crippen LogP contribution in [-0.4, -0.2) is 22.4 Å². The third kappa shape index (κ3) is 11.3. The third-order valence-electron chi connectivity index (χ3n) is 5.07. The molecule has 0 aromatic heterocycles. The summed E-state index contributed by atoms with van der Waals surface area (Å²) in [5, 5.41) is 13.0. The zero-order chi connectivity index (χ0) is 18.2. The van der Waals surface area contributed by atoms with E-state index in [1.807, 2.05) is 24.2 Å². The van der Waals surface area contributed by atoms with Crippen molar-refractivity contribution in [1.29, 1.82) is 0 Å². The maximum atomic E-state index is 9.68. The van der Waals surface area contributed by atoms with E-state index >= 15 is 0 Å². The van der Waals surface area contributed by atoms with E-state index < -0.39 is 6.23 Å². The van der Waals surface area contributed by atoms with Gasteiger partial charge < -0.3 is 15.3 Å². The highest BCUT2D eigenvalue weighted by Crippen LogP contribution is 2.16. The van der Waals surface area contributed by atoms with Gasteiger partial charge in [-0.05, 0) is 39.0 Å². The summed E-state index contributed by atoms with van der Waals surface area (Å²) in [4.78, 5) is 2.00. The summed E-state index contributed by atoms with van der Waals surface area (Å²) in [5.41, 5.74) is 0. The van der Waals surface area contributed by atoms with Gasteiger partial charge in [-0.1, -0.05) is 76.9 Å². The average Bonchev–Trinajstić information content (AvgIpc) is 3.07. The minimum Gasteiger partial charge on any atom is -0.374 e. The number of hydrogen-bond acceptors (Lipinski definition) is 3. The van der Waals surface area contributed by atoms with Crippen LogP contribution in [0.2, 0.25) is 0 Å². The highest BCUT2D eigenvalue weighted by Gasteiger charge is 2.20. The second-order valence-electron chi connectivity index (χ2n) is 7.45. The molecule has 0 aliphatic carbocycles. The Hall–Kier alpha value is -0.960. The summed E-state index contributed by atoms with van der Waals surface area (Å²) in [7, 11) is 0. The summed E-state index contributed by atoms with van der Waals surface area (Å²) in [6.45, 7) is 4.08. The first-order valence-electron chi connectivity index (χ1n) is 10.8. The van der Waals surface area contributed by atoms with Crippen LogP contribution in [-0.2, 0) is 0 Å². The number of allylic oxidation sites excluding steroid dienone is 2. The van der Waals surface area contributed by atoms with Crippen LogP contribution in [0.5, 0.6) is 0 Å². The van der Waals surface area contributed by atoms with Crippen molar-refractivity contribution in [1.82, 2.24) is 10.2 Å². The molecule has 3 heteroatoms. The molecule has 1 heterocycles. The summed E-state index contributed by atoms with van der Waals surface area (Å²) >= 11 is 0. The van der Waals surface area contributed by atoms with E-state index in [0.29, 0.717) is 0 Å². The van der Waals surface area contributed by atoms with E-state index in [9.17, 15) is 5.11 Å². The van der Waals surface area contributed by atoms with Crippen molar-refractivity contribution in [3.05, 3.63) is 24.6 Å². The molecule has 2 unspecified atom stereocenters. The van der Waals surface area contributed by atoms with Crippen LogP contribution >= 0.6 is 0 Å². The second kappa shape index (κ2) is 15.3. The monoisotopic (exact) mass is 350 g/mol. The molecule has 2 N–H and O–H groups in total. The van der Waals surface area contributed by atoms with Crippen molar-refractivity contribution in [2.24, 2.45) is 0 Å². The van der Waals surface area contributed by atoms with Gasteiger partial charge in [0.1, 0.15) is 12.4 Å². The Bertz CT molecular complexity index is 352. The van der Waals surface area contributed by atoms with Gasteiger partial charge in [0.25, 0.3) is 0 Å². The van der Waals surface area contributed by atoms with Crippen LogP contribution in [0.1, 0.15) is 104 Å². The third-order valence-corrected chi connectivity index (χ3v) is 5.07. The standard InChI is InChI=1S/C22H42N2O/c1-3-4-5-6-7-8-9-10-11-12-13-14-15-16-17-18-22-23-19-20-24(22)21(2)25/h6-7,19-23,25H,3-5,8-18H2,1-2H3/b7-6+. The number of nitrogens with one attached hydrogen (secondary N) is 1. The second-order valence-corrected chi connectivity index (χ2v) is 7.45. The Kier molecular flexibility index (Phi) is 13.5. The van der Waals surface area contributed by atoms with Crippen molar-refractivity contribution < 1.29 is 5.11 Å². The van der Waals surface area contributed by atoms with Crippen LogP contribution in [0, 0.1) is 0 Å². The predicted octanol–water partition coefficient (Wildman–Crippen LogP) is 6.06. The summed E-state index contributed by atoms with van der Waals surface area (Å²) < 4.78 is 0. The van der Waals surface area contributed by atoms with Gasteiger partial charge >= 0.3 is 0 Å². The van der Waals surface area contributed by atoms with E-state index in [2.05, 4.69) is 24.4 Å². The van der Waals surface area contributed by atoms with Gasteiger partial charge in [-0.2, -0.15) is 0 Å². The molecule has 0 bridgehead atoms. The zero-order valence-corrected chi connectivity index (χ0v) is 16.8. The number of aliphatic hydroxyl groups is 1. The number of aliphatic hydroxyl groups excluding tert-OH is 1. The van der Waals surface area contributed by atoms with Gasteiger partial charge in [0.05, 0.1) is 0 Å². The number of unbranched alkanes of at least 4 members (excludes halogenated alkanes) is 11. The molecule has 146 valence electrons.